The maximum Gasteiger partial charge on any atom is 0.276 e. The van der Waals surface area contributed by atoms with Crippen LogP contribution in [0.15, 0.2) is 55.0 Å². The number of primary amides is 1. The Morgan fingerprint density at radius 1 is 1.16 bits per heavy atom. The summed E-state index contributed by atoms with van der Waals surface area (Å²) in [5, 5.41) is 6.83. The number of ether oxygens (including phenoxy) is 1. The average Bonchev–Trinajstić information content (AvgIpc) is 3.12. The Hall–Kier alpha value is -3.68. The molecule has 3 N–H and O–H groups in total. The zero-order valence-corrected chi connectivity index (χ0v) is 13.3. The van der Waals surface area contributed by atoms with Crippen molar-refractivity contribution in [1.82, 2.24) is 14.8 Å². The Kier molecular flexibility index (Phi) is 4.42. The number of hydrogen-bond donors (Lipinski definition) is 2. The Labute approximate surface area is 143 Å². The molecule has 0 aliphatic carbocycles. The minimum absolute atomic E-state index is 0.179. The summed E-state index contributed by atoms with van der Waals surface area (Å²) in [5.74, 6) is -0.395. The van der Waals surface area contributed by atoms with Crippen molar-refractivity contribution in [2.24, 2.45) is 5.73 Å². The van der Waals surface area contributed by atoms with E-state index in [9.17, 15) is 9.59 Å². The average molecular weight is 337 g/mol. The number of nitrogens with two attached hydrogens (primary N) is 1. The van der Waals surface area contributed by atoms with Crippen LogP contribution >= 0.6 is 0 Å². The summed E-state index contributed by atoms with van der Waals surface area (Å²) >= 11 is 0. The van der Waals surface area contributed by atoms with Gasteiger partial charge in [0.1, 0.15) is 5.75 Å². The Morgan fingerprint density at radius 3 is 2.60 bits per heavy atom. The Balaban J connectivity index is 1.80. The highest BCUT2D eigenvalue weighted by atomic mass is 16.5. The number of hydrogen-bond acceptors (Lipinski definition) is 5. The smallest absolute Gasteiger partial charge is 0.276 e. The van der Waals surface area contributed by atoms with Crippen LogP contribution in [0, 0.1) is 0 Å². The molecule has 0 saturated carbocycles. The summed E-state index contributed by atoms with van der Waals surface area (Å²) in [5.41, 5.74) is 6.67. The number of carbonyl (C=O) groups excluding carboxylic acids is 2. The van der Waals surface area contributed by atoms with Gasteiger partial charge in [-0.05, 0) is 36.4 Å². The number of anilines is 1. The second kappa shape index (κ2) is 6.83. The molecule has 0 bridgehead atoms. The van der Waals surface area contributed by atoms with Gasteiger partial charge in [-0.1, -0.05) is 0 Å². The van der Waals surface area contributed by atoms with Crippen molar-refractivity contribution in [3.63, 3.8) is 0 Å². The van der Waals surface area contributed by atoms with Crippen LogP contribution in [0.2, 0.25) is 0 Å². The number of methoxy groups -OCH3 is 1. The van der Waals surface area contributed by atoms with E-state index in [-0.39, 0.29) is 16.9 Å². The van der Waals surface area contributed by atoms with Crippen molar-refractivity contribution in [2.75, 3.05) is 12.4 Å². The fourth-order valence-corrected chi connectivity index (χ4v) is 2.22. The number of benzene rings is 1. The van der Waals surface area contributed by atoms with Crippen LogP contribution in [-0.2, 0) is 0 Å². The number of aromatic nitrogens is 3. The highest BCUT2D eigenvalue weighted by molar-refractivity contribution is 6.07. The minimum Gasteiger partial charge on any atom is -0.497 e. The third-order valence-electron chi connectivity index (χ3n) is 3.49. The summed E-state index contributed by atoms with van der Waals surface area (Å²) in [6, 6.07) is 10.2. The molecule has 0 atom stereocenters. The standard InChI is InChI=1S/C17H15N5O3/c1-25-12-4-2-11(3-5-12)22-9-7-14(21-22)17(24)20-15-10-19-8-6-13(15)16(18)23/h2-10H,1H3,(H2,18,23)(H,20,24). The quantitative estimate of drug-likeness (QED) is 0.735. The number of rotatable bonds is 5. The molecule has 0 spiro atoms. The van der Waals surface area contributed by atoms with E-state index in [4.69, 9.17) is 10.5 Å². The Bertz CT molecular complexity index is 918. The van der Waals surface area contributed by atoms with E-state index in [1.807, 2.05) is 12.1 Å². The van der Waals surface area contributed by atoms with Gasteiger partial charge in [-0.2, -0.15) is 5.10 Å². The second-order valence-corrected chi connectivity index (χ2v) is 5.08. The van der Waals surface area contributed by atoms with Crippen LogP contribution in [0.1, 0.15) is 20.8 Å². The first-order valence-electron chi connectivity index (χ1n) is 7.34. The zero-order valence-electron chi connectivity index (χ0n) is 13.3. The molecule has 3 rings (SSSR count). The maximum atomic E-state index is 12.3. The van der Waals surface area contributed by atoms with Gasteiger partial charge in [0.25, 0.3) is 11.8 Å². The normalized spacial score (nSPS) is 10.3. The van der Waals surface area contributed by atoms with Gasteiger partial charge in [-0.3, -0.25) is 14.6 Å². The summed E-state index contributed by atoms with van der Waals surface area (Å²) < 4.78 is 6.67. The predicted octanol–water partition coefficient (Wildman–Crippen LogP) is 1.63. The zero-order chi connectivity index (χ0) is 17.8. The van der Waals surface area contributed by atoms with Crippen molar-refractivity contribution in [2.45, 2.75) is 0 Å². The van der Waals surface area contributed by atoms with E-state index in [2.05, 4.69) is 15.4 Å². The van der Waals surface area contributed by atoms with E-state index >= 15 is 0 Å². The first kappa shape index (κ1) is 16.2. The molecule has 1 aromatic carbocycles. The molecule has 126 valence electrons. The van der Waals surface area contributed by atoms with Gasteiger partial charge >= 0.3 is 0 Å². The van der Waals surface area contributed by atoms with Crippen LogP contribution in [0.25, 0.3) is 5.69 Å². The highest BCUT2D eigenvalue weighted by Gasteiger charge is 2.14. The van der Waals surface area contributed by atoms with Gasteiger partial charge in [-0.15, -0.1) is 0 Å². The number of nitrogens with zero attached hydrogens (tertiary/aromatic N) is 3. The molecule has 0 aliphatic rings. The molecule has 0 saturated heterocycles. The first-order chi connectivity index (χ1) is 12.1. The molecule has 3 aromatic rings. The van der Waals surface area contributed by atoms with E-state index in [1.165, 1.54) is 18.5 Å². The van der Waals surface area contributed by atoms with E-state index < -0.39 is 11.8 Å². The fraction of sp³-hybridized carbons (Fsp3) is 0.0588. The highest BCUT2D eigenvalue weighted by Crippen LogP contribution is 2.16. The predicted molar refractivity (Wildman–Crippen MR) is 90.8 cm³/mol. The number of nitrogens with one attached hydrogen (secondary N) is 1. The molecule has 2 heterocycles. The summed E-state index contributed by atoms with van der Waals surface area (Å²) in [7, 11) is 1.59. The molecule has 0 fully saturated rings. The molecule has 25 heavy (non-hydrogen) atoms. The maximum absolute atomic E-state index is 12.3. The lowest BCUT2D eigenvalue weighted by Crippen LogP contribution is -2.19. The number of carbonyl (C=O) groups is 2. The number of pyridine rings is 1. The van der Waals surface area contributed by atoms with E-state index in [0.29, 0.717) is 0 Å². The van der Waals surface area contributed by atoms with Gasteiger partial charge in [0, 0.05) is 12.4 Å². The third kappa shape index (κ3) is 3.47. The van der Waals surface area contributed by atoms with Crippen molar-refractivity contribution in [1.29, 1.82) is 0 Å². The largest absolute Gasteiger partial charge is 0.497 e. The molecule has 8 nitrogen and oxygen atoms in total. The van der Waals surface area contributed by atoms with Gasteiger partial charge in [-0.25, -0.2) is 4.68 Å². The molecule has 2 amide bonds. The van der Waals surface area contributed by atoms with Crippen LogP contribution in [0.4, 0.5) is 5.69 Å². The SMILES string of the molecule is COc1ccc(-n2ccc(C(=O)Nc3cnccc3C(N)=O)n2)cc1. The van der Waals surface area contributed by atoms with Crippen molar-refractivity contribution in [3.8, 4) is 11.4 Å². The lowest BCUT2D eigenvalue weighted by atomic mass is 10.2. The molecule has 8 heteroatoms. The van der Waals surface area contributed by atoms with Gasteiger partial charge in [0.2, 0.25) is 0 Å². The van der Waals surface area contributed by atoms with Crippen molar-refractivity contribution < 1.29 is 14.3 Å². The van der Waals surface area contributed by atoms with E-state index in [0.717, 1.165) is 11.4 Å². The monoisotopic (exact) mass is 337 g/mol. The minimum atomic E-state index is -0.651. The van der Waals surface area contributed by atoms with Crippen molar-refractivity contribution in [3.05, 3.63) is 66.2 Å². The summed E-state index contributed by atoms with van der Waals surface area (Å²) in [4.78, 5) is 27.6. The van der Waals surface area contributed by atoms with Crippen LogP contribution in [0.3, 0.4) is 0 Å². The molecule has 0 aliphatic heterocycles. The van der Waals surface area contributed by atoms with Gasteiger partial charge in [0.05, 0.1) is 30.2 Å². The van der Waals surface area contributed by atoms with Gasteiger partial charge < -0.3 is 15.8 Å². The summed E-state index contributed by atoms with van der Waals surface area (Å²) in [6.45, 7) is 0. The van der Waals surface area contributed by atoms with Crippen molar-refractivity contribution >= 4 is 17.5 Å². The van der Waals surface area contributed by atoms with Crippen LogP contribution in [-0.4, -0.2) is 33.7 Å². The molecule has 2 aromatic heterocycles. The molecular weight excluding hydrogens is 322 g/mol. The molecule has 0 radical (unpaired) electrons. The van der Waals surface area contributed by atoms with Crippen LogP contribution < -0.4 is 15.8 Å². The first-order valence-corrected chi connectivity index (χ1v) is 7.34. The fourth-order valence-electron chi connectivity index (χ4n) is 2.22. The Morgan fingerprint density at radius 2 is 1.92 bits per heavy atom. The lowest BCUT2D eigenvalue weighted by Gasteiger charge is -2.06. The topological polar surface area (TPSA) is 112 Å². The third-order valence-corrected chi connectivity index (χ3v) is 3.49. The van der Waals surface area contributed by atoms with E-state index in [1.54, 1.807) is 36.2 Å². The lowest BCUT2D eigenvalue weighted by molar-refractivity contribution is 0.100. The molecular formula is C17H15N5O3. The van der Waals surface area contributed by atoms with Crippen LogP contribution in [0.5, 0.6) is 5.75 Å². The number of amides is 2. The molecule has 0 unspecified atom stereocenters. The second-order valence-electron chi connectivity index (χ2n) is 5.08. The van der Waals surface area contributed by atoms with Gasteiger partial charge in [0.15, 0.2) is 5.69 Å². The summed E-state index contributed by atoms with van der Waals surface area (Å²) in [6.07, 6.45) is 4.45.